The Hall–Kier alpha value is -1.29. The van der Waals surface area contributed by atoms with Gasteiger partial charge in [0, 0.05) is 16.7 Å². The quantitative estimate of drug-likeness (QED) is 0.660. The van der Waals surface area contributed by atoms with Crippen LogP contribution in [0.2, 0.25) is 0 Å². The molecule has 0 saturated heterocycles. The lowest BCUT2D eigenvalue weighted by Gasteiger charge is -2.10. The highest BCUT2D eigenvalue weighted by Gasteiger charge is 2.36. The molecule has 1 rings (SSSR count). The van der Waals surface area contributed by atoms with Gasteiger partial charge in [0.05, 0.1) is 0 Å². The molecular weight excluding hydrogens is 294 g/mol. The van der Waals surface area contributed by atoms with Crippen LogP contribution >= 0.6 is 10.7 Å². The van der Waals surface area contributed by atoms with Gasteiger partial charge in [-0.05, 0) is 0 Å². The van der Waals surface area contributed by atoms with E-state index in [-0.39, 0.29) is 6.07 Å². The zero-order chi connectivity index (χ0) is 13.4. The summed E-state index contributed by atoms with van der Waals surface area (Å²) in [4.78, 5) is 10.5. The average molecular weight is 296 g/mol. The molecule has 0 aliphatic carbocycles. The van der Waals surface area contributed by atoms with Crippen LogP contribution in [0.3, 0.4) is 0 Å². The molecule has 1 N–H and O–H groups in total. The van der Waals surface area contributed by atoms with Crippen LogP contribution in [-0.2, 0) is 9.05 Å². The van der Waals surface area contributed by atoms with Gasteiger partial charge in [-0.15, -0.1) is 13.2 Å². The van der Waals surface area contributed by atoms with E-state index >= 15 is 0 Å². The molecule has 1 aromatic heterocycles. The monoisotopic (exact) mass is 295 g/mol. The summed E-state index contributed by atoms with van der Waals surface area (Å²) in [7, 11) is -0.138. The Bertz CT molecular complexity index is 593. The lowest BCUT2D eigenvalue weighted by Crippen LogP contribution is -2.22. The second kappa shape index (κ2) is 4.18. The molecule has 0 aliphatic rings. The van der Waals surface area contributed by atoms with Gasteiger partial charge in [0.2, 0.25) is 5.88 Å². The van der Waals surface area contributed by atoms with Crippen molar-refractivity contribution >= 4 is 19.7 Å². The van der Waals surface area contributed by atoms with Crippen molar-refractivity contribution in [1.29, 1.82) is 0 Å². The summed E-state index contributed by atoms with van der Waals surface area (Å²) in [5.41, 5.74) is -1.31. The van der Waals surface area contributed by atoms with E-state index in [1.807, 2.05) is 0 Å². The summed E-state index contributed by atoms with van der Waals surface area (Å²) in [6, 6.07) is 0.124. The first kappa shape index (κ1) is 13.8. The van der Waals surface area contributed by atoms with Crippen LogP contribution in [-0.4, -0.2) is 19.8 Å². The van der Waals surface area contributed by atoms with Gasteiger partial charge in [-0.25, -0.2) is 12.8 Å². The van der Waals surface area contributed by atoms with Crippen molar-refractivity contribution in [2.24, 2.45) is 0 Å². The Morgan fingerprint density at radius 2 is 1.88 bits per heavy atom. The number of ether oxygens (including phenoxy) is 1. The van der Waals surface area contributed by atoms with Crippen LogP contribution in [0, 0.1) is 5.82 Å². The van der Waals surface area contributed by atoms with Gasteiger partial charge in [-0.2, -0.15) is 0 Å². The average Bonchev–Trinajstić information content (AvgIpc) is 1.94. The van der Waals surface area contributed by atoms with Crippen LogP contribution in [0.25, 0.3) is 0 Å². The number of H-pyrrole nitrogens is 1. The Kier molecular flexibility index (Phi) is 3.39. The van der Waals surface area contributed by atoms with Crippen LogP contribution in [0.15, 0.2) is 15.8 Å². The molecule has 0 spiro atoms. The molecule has 1 heterocycles. The maximum atomic E-state index is 13.1. The van der Waals surface area contributed by atoms with Crippen molar-refractivity contribution in [2.45, 2.75) is 11.3 Å². The van der Waals surface area contributed by atoms with Gasteiger partial charge in [-0.1, -0.05) is 0 Å². The molecule has 0 amide bonds. The number of hydrogen-bond donors (Lipinski definition) is 1. The Labute approximate surface area is 95.4 Å². The maximum Gasteiger partial charge on any atom is 0.574 e. The Balaban J connectivity index is 3.53. The third kappa shape index (κ3) is 3.60. The second-order valence-electron chi connectivity index (χ2n) is 2.63. The number of nitrogens with one attached hydrogen (secondary N) is 1. The van der Waals surface area contributed by atoms with E-state index in [1.165, 1.54) is 4.98 Å². The molecular formula is C6H2ClF4NO4S. The molecule has 96 valence electrons. The van der Waals surface area contributed by atoms with E-state index in [9.17, 15) is 30.8 Å². The first-order valence-electron chi connectivity index (χ1n) is 3.64. The van der Waals surface area contributed by atoms with Crippen LogP contribution < -0.4 is 10.3 Å². The highest BCUT2D eigenvalue weighted by molar-refractivity contribution is 8.13. The van der Waals surface area contributed by atoms with Gasteiger partial charge < -0.3 is 4.74 Å². The van der Waals surface area contributed by atoms with E-state index in [2.05, 4.69) is 4.74 Å². The molecule has 0 fully saturated rings. The molecule has 0 atom stereocenters. The van der Waals surface area contributed by atoms with Crippen molar-refractivity contribution in [3.05, 3.63) is 22.2 Å². The molecule has 0 aliphatic heterocycles. The molecule has 17 heavy (non-hydrogen) atoms. The van der Waals surface area contributed by atoms with Gasteiger partial charge in [0.15, 0.2) is 10.7 Å². The van der Waals surface area contributed by atoms with Crippen LogP contribution in [0.5, 0.6) is 5.88 Å². The summed E-state index contributed by atoms with van der Waals surface area (Å²) in [5, 5.41) is 0. The summed E-state index contributed by atoms with van der Waals surface area (Å²) in [6.45, 7) is 0. The highest BCUT2D eigenvalue weighted by Crippen LogP contribution is 2.30. The molecule has 0 aromatic carbocycles. The van der Waals surface area contributed by atoms with Crippen molar-refractivity contribution in [2.75, 3.05) is 0 Å². The lowest BCUT2D eigenvalue weighted by atomic mass is 10.4. The molecule has 1 aromatic rings. The van der Waals surface area contributed by atoms with Crippen LogP contribution in [0.4, 0.5) is 17.6 Å². The molecule has 11 heteroatoms. The molecule has 0 unspecified atom stereocenters. The van der Waals surface area contributed by atoms with E-state index in [1.54, 1.807) is 0 Å². The number of halogens is 5. The van der Waals surface area contributed by atoms with Gasteiger partial charge in [0.25, 0.3) is 14.6 Å². The van der Waals surface area contributed by atoms with E-state index in [0.717, 1.165) is 0 Å². The zero-order valence-corrected chi connectivity index (χ0v) is 9.08. The highest BCUT2D eigenvalue weighted by atomic mass is 35.7. The minimum Gasteiger partial charge on any atom is -0.388 e. The zero-order valence-electron chi connectivity index (χ0n) is 7.51. The fraction of sp³-hybridized carbons (Fsp3) is 0.167. The smallest absolute Gasteiger partial charge is 0.388 e. The van der Waals surface area contributed by atoms with E-state index < -0.39 is 37.6 Å². The van der Waals surface area contributed by atoms with Crippen molar-refractivity contribution in [1.82, 2.24) is 4.98 Å². The summed E-state index contributed by atoms with van der Waals surface area (Å²) < 4.78 is 73.5. The molecule has 0 radical (unpaired) electrons. The van der Waals surface area contributed by atoms with Crippen LogP contribution in [0.1, 0.15) is 0 Å². The van der Waals surface area contributed by atoms with Gasteiger partial charge >= 0.3 is 6.36 Å². The standard InChI is InChI=1S/C6H2ClF4NO4S/c7-17(14,15)4-2(8)1-3(13)12-5(4)16-6(9,10)11/h1H,(H,12,13). The largest absolute Gasteiger partial charge is 0.574 e. The first-order chi connectivity index (χ1) is 7.50. The normalized spacial score (nSPS) is 12.5. The summed E-state index contributed by atoms with van der Waals surface area (Å²) >= 11 is 0. The van der Waals surface area contributed by atoms with Crippen molar-refractivity contribution in [3.8, 4) is 5.88 Å². The maximum absolute atomic E-state index is 13.1. The number of hydrogen-bond acceptors (Lipinski definition) is 4. The first-order valence-corrected chi connectivity index (χ1v) is 5.95. The fourth-order valence-corrected chi connectivity index (χ4v) is 1.95. The number of pyridine rings is 1. The second-order valence-corrected chi connectivity index (χ2v) is 5.13. The number of alkyl halides is 3. The van der Waals surface area contributed by atoms with E-state index in [0.29, 0.717) is 0 Å². The molecule has 5 nitrogen and oxygen atoms in total. The van der Waals surface area contributed by atoms with Gasteiger partial charge in [0.1, 0.15) is 0 Å². The van der Waals surface area contributed by atoms with Crippen molar-refractivity contribution < 1.29 is 30.7 Å². The molecule has 0 saturated carbocycles. The Morgan fingerprint density at radius 1 is 1.35 bits per heavy atom. The minimum absolute atomic E-state index is 0.124. The summed E-state index contributed by atoms with van der Waals surface area (Å²) in [5.74, 6) is -3.37. The SMILES string of the molecule is O=c1cc(F)c(S(=O)(=O)Cl)c(OC(F)(F)F)[nH]1. The Morgan fingerprint density at radius 3 is 2.29 bits per heavy atom. The lowest BCUT2D eigenvalue weighted by molar-refractivity contribution is -0.277. The van der Waals surface area contributed by atoms with Crippen molar-refractivity contribution in [3.63, 3.8) is 0 Å². The third-order valence-electron chi connectivity index (χ3n) is 1.38. The number of rotatable bonds is 2. The minimum atomic E-state index is -5.31. The number of aromatic nitrogens is 1. The summed E-state index contributed by atoms with van der Waals surface area (Å²) in [6.07, 6.45) is -5.31. The van der Waals surface area contributed by atoms with Gasteiger partial charge in [-0.3, -0.25) is 9.78 Å². The topological polar surface area (TPSA) is 76.2 Å². The predicted octanol–water partition coefficient (Wildman–Crippen LogP) is 1.34. The predicted molar refractivity (Wildman–Crippen MR) is 46.7 cm³/mol. The van der Waals surface area contributed by atoms with E-state index in [4.69, 9.17) is 10.7 Å². The third-order valence-corrected chi connectivity index (χ3v) is 2.71. The fourth-order valence-electron chi connectivity index (χ4n) is 0.909. The number of aromatic amines is 1. The molecule has 0 bridgehead atoms.